The van der Waals surface area contributed by atoms with Crippen LogP contribution < -0.4 is 21.1 Å². The number of nitrogens with one attached hydrogen (secondary N) is 2. The molecule has 1 atom stereocenters. The number of rotatable bonds is 8. The third-order valence-corrected chi connectivity index (χ3v) is 2.33. The first-order valence-electron chi connectivity index (χ1n) is 5.52. The van der Waals surface area contributed by atoms with E-state index in [0.29, 0.717) is 19.5 Å². The van der Waals surface area contributed by atoms with Crippen molar-refractivity contribution in [2.24, 2.45) is 5.73 Å². The molecule has 94 valence electrons. The molecule has 0 heterocycles. The van der Waals surface area contributed by atoms with Crippen molar-refractivity contribution in [3.05, 3.63) is 29.8 Å². The van der Waals surface area contributed by atoms with E-state index in [1.807, 2.05) is 24.3 Å². The Morgan fingerprint density at radius 3 is 3.00 bits per heavy atom. The van der Waals surface area contributed by atoms with E-state index in [1.54, 1.807) is 7.11 Å². The molecule has 0 aliphatic heterocycles. The molecule has 0 spiro atoms. The van der Waals surface area contributed by atoms with Gasteiger partial charge in [-0.3, -0.25) is 4.79 Å². The van der Waals surface area contributed by atoms with Gasteiger partial charge in [-0.05, 0) is 17.7 Å². The van der Waals surface area contributed by atoms with Gasteiger partial charge in [0.1, 0.15) is 5.75 Å². The SMILES string of the molecule is COc1cccc(CNCC(N)CNC=O)c1. The Morgan fingerprint density at radius 2 is 2.29 bits per heavy atom. The molecule has 0 aromatic heterocycles. The van der Waals surface area contributed by atoms with Crippen LogP contribution in [0.3, 0.4) is 0 Å². The maximum atomic E-state index is 10.1. The fourth-order valence-electron chi connectivity index (χ4n) is 1.46. The minimum Gasteiger partial charge on any atom is -0.497 e. The quantitative estimate of drug-likeness (QED) is 0.550. The third kappa shape index (κ3) is 5.33. The number of benzene rings is 1. The predicted octanol–water partition coefficient (Wildman–Crippen LogP) is -0.142. The van der Waals surface area contributed by atoms with E-state index in [9.17, 15) is 4.79 Å². The van der Waals surface area contributed by atoms with Gasteiger partial charge in [0, 0.05) is 25.7 Å². The first-order chi connectivity index (χ1) is 8.26. The zero-order chi connectivity index (χ0) is 12.5. The van der Waals surface area contributed by atoms with Crippen LogP contribution in [0.5, 0.6) is 5.75 Å². The van der Waals surface area contributed by atoms with Crippen LogP contribution in [0.1, 0.15) is 5.56 Å². The van der Waals surface area contributed by atoms with Crippen molar-refractivity contribution in [1.29, 1.82) is 0 Å². The van der Waals surface area contributed by atoms with E-state index in [-0.39, 0.29) is 6.04 Å². The average molecular weight is 237 g/mol. The molecule has 0 aliphatic carbocycles. The molecule has 1 rings (SSSR count). The molecule has 5 heteroatoms. The van der Waals surface area contributed by atoms with Crippen molar-refractivity contribution in [3.8, 4) is 5.75 Å². The Hall–Kier alpha value is -1.59. The summed E-state index contributed by atoms with van der Waals surface area (Å²) >= 11 is 0. The molecule has 0 bridgehead atoms. The Balaban J connectivity index is 2.27. The number of ether oxygens (including phenoxy) is 1. The summed E-state index contributed by atoms with van der Waals surface area (Å²) in [6.07, 6.45) is 0.655. The number of methoxy groups -OCH3 is 1. The molecule has 1 unspecified atom stereocenters. The van der Waals surface area contributed by atoms with Crippen LogP contribution in [0.15, 0.2) is 24.3 Å². The van der Waals surface area contributed by atoms with Crippen molar-refractivity contribution in [2.75, 3.05) is 20.2 Å². The molecular formula is C12H19N3O2. The minimum atomic E-state index is -0.0780. The van der Waals surface area contributed by atoms with Crippen molar-refractivity contribution in [2.45, 2.75) is 12.6 Å². The Labute approximate surface area is 101 Å². The van der Waals surface area contributed by atoms with E-state index >= 15 is 0 Å². The lowest BCUT2D eigenvalue weighted by Crippen LogP contribution is -2.41. The molecule has 1 amide bonds. The van der Waals surface area contributed by atoms with Crippen molar-refractivity contribution in [1.82, 2.24) is 10.6 Å². The first-order valence-corrected chi connectivity index (χ1v) is 5.52. The first kappa shape index (κ1) is 13.5. The highest BCUT2D eigenvalue weighted by atomic mass is 16.5. The summed E-state index contributed by atoms with van der Waals surface area (Å²) in [5.74, 6) is 0.844. The molecular weight excluding hydrogens is 218 g/mol. The standard InChI is InChI=1S/C12H19N3O2/c1-17-12-4-2-3-10(5-12)6-14-7-11(13)8-15-9-16/h2-5,9,11,14H,6-8,13H2,1H3,(H,15,16). The van der Waals surface area contributed by atoms with Gasteiger partial charge in [0.15, 0.2) is 0 Å². The highest BCUT2D eigenvalue weighted by Gasteiger charge is 2.01. The summed E-state index contributed by atoms with van der Waals surface area (Å²) in [5.41, 5.74) is 6.91. The predicted molar refractivity (Wildman–Crippen MR) is 66.7 cm³/mol. The van der Waals surface area contributed by atoms with E-state index in [1.165, 1.54) is 0 Å². The van der Waals surface area contributed by atoms with Crippen LogP contribution in [0.25, 0.3) is 0 Å². The van der Waals surface area contributed by atoms with Crippen LogP contribution in [-0.2, 0) is 11.3 Å². The number of hydrogen-bond acceptors (Lipinski definition) is 4. The lowest BCUT2D eigenvalue weighted by Gasteiger charge is -2.12. The molecule has 0 fully saturated rings. The topological polar surface area (TPSA) is 76.4 Å². The smallest absolute Gasteiger partial charge is 0.207 e. The fourth-order valence-corrected chi connectivity index (χ4v) is 1.46. The maximum Gasteiger partial charge on any atom is 0.207 e. The minimum absolute atomic E-state index is 0.0780. The largest absolute Gasteiger partial charge is 0.497 e. The second kappa shape index (κ2) is 7.65. The molecule has 1 aromatic carbocycles. The van der Waals surface area contributed by atoms with Gasteiger partial charge in [0.2, 0.25) is 6.41 Å². The number of hydrogen-bond donors (Lipinski definition) is 3. The van der Waals surface area contributed by atoms with Gasteiger partial charge in [0.05, 0.1) is 7.11 Å². The van der Waals surface area contributed by atoms with E-state index < -0.39 is 0 Å². The molecule has 0 radical (unpaired) electrons. The lowest BCUT2D eigenvalue weighted by molar-refractivity contribution is -0.109. The molecule has 5 nitrogen and oxygen atoms in total. The maximum absolute atomic E-state index is 10.1. The van der Waals surface area contributed by atoms with E-state index in [4.69, 9.17) is 10.5 Å². The zero-order valence-corrected chi connectivity index (χ0v) is 9.98. The van der Waals surface area contributed by atoms with Crippen LogP contribution >= 0.6 is 0 Å². The molecule has 0 aliphatic rings. The highest BCUT2D eigenvalue weighted by molar-refractivity contribution is 5.45. The Kier molecular flexibility index (Phi) is 6.06. The zero-order valence-electron chi connectivity index (χ0n) is 9.98. The summed E-state index contributed by atoms with van der Waals surface area (Å²) < 4.78 is 5.13. The summed E-state index contributed by atoms with van der Waals surface area (Å²) in [6.45, 7) is 1.86. The van der Waals surface area contributed by atoms with Crippen molar-refractivity contribution >= 4 is 6.41 Å². The number of carbonyl (C=O) groups excluding carboxylic acids is 1. The van der Waals surface area contributed by atoms with Gasteiger partial charge >= 0.3 is 0 Å². The van der Waals surface area contributed by atoms with Gasteiger partial charge in [-0.2, -0.15) is 0 Å². The molecule has 17 heavy (non-hydrogen) atoms. The second-order valence-corrected chi connectivity index (χ2v) is 3.77. The Bertz CT molecular complexity index is 344. The van der Waals surface area contributed by atoms with Crippen molar-refractivity contribution in [3.63, 3.8) is 0 Å². The Morgan fingerprint density at radius 1 is 1.47 bits per heavy atom. The van der Waals surface area contributed by atoms with E-state index in [2.05, 4.69) is 10.6 Å². The molecule has 0 saturated heterocycles. The second-order valence-electron chi connectivity index (χ2n) is 3.77. The number of amides is 1. The summed E-state index contributed by atoms with van der Waals surface area (Å²) in [7, 11) is 1.65. The lowest BCUT2D eigenvalue weighted by atomic mass is 10.2. The van der Waals surface area contributed by atoms with Gasteiger partial charge in [-0.15, -0.1) is 0 Å². The number of nitrogens with two attached hydrogens (primary N) is 1. The van der Waals surface area contributed by atoms with E-state index in [0.717, 1.165) is 17.9 Å². The average Bonchev–Trinajstić information content (AvgIpc) is 2.36. The van der Waals surface area contributed by atoms with Crippen LogP contribution in [0.2, 0.25) is 0 Å². The monoisotopic (exact) mass is 237 g/mol. The molecule has 1 aromatic rings. The van der Waals surface area contributed by atoms with Crippen molar-refractivity contribution < 1.29 is 9.53 Å². The van der Waals surface area contributed by atoms with Gasteiger partial charge in [-0.1, -0.05) is 12.1 Å². The number of carbonyl (C=O) groups is 1. The normalized spacial score (nSPS) is 11.9. The molecule has 0 saturated carbocycles. The molecule has 4 N–H and O–H groups in total. The highest BCUT2D eigenvalue weighted by Crippen LogP contribution is 2.11. The van der Waals surface area contributed by atoms with Gasteiger partial charge in [0.25, 0.3) is 0 Å². The summed E-state index contributed by atoms with van der Waals surface area (Å²) in [5, 5.41) is 5.77. The van der Waals surface area contributed by atoms with Crippen LogP contribution in [0, 0.1) is 0 Å². The van der Waals surface area contributed by atoms with Gasteiger partial charge < -0.3 is 21.1 Å². The van der Waals surface area contributed by atoms with Crippen LogP contribution in [-0.4, -0.2) is 32.7 Å². The fraction of sp³-hybridized carbons (Fsp3) is 0.417. The third-order valence-electron chi connectivity index (χ3n) is 2.33. The summed E-state index contributed by atoms with van der Waals surface area (Å²) in [6, 6.07) is 7.77. The summed E-state index contributed by atoms with van der Waals surface area (Å²) in [4.78, 5) is 10.1. The van der Waals surface area contributed by atoms with Gasteiger partial charge in [-0.25, -0.2) is 0 Å². The van der Waals surface area contributed by atoms with Crippen LogP contribution in [0.4, 0.5) is 0 Å².